The monoisotopic (exact) mass is 360 g/mol. The van der Waals surface area contributed by atoms with Crippen LogP contribution < -0.4 is 9.96 Å². The number of hydroxylamine groups is 1. The summed E-state index contributed by atoms with van der Waals surface area (Å²) in [4.78, 5) is 25.8. The van der Waals surface area contributed by atoms with Gasteiger partial charge >= 0.3 is 0 Å². The lowest BCUT2D eigenvalue weighted by atomic mass is 10.2. The largest absolute Gasteiger partial charge is 0.288 e. The van der Waals surface area contributed by atoms with E-state index in [0.717, 1.165) is 14.4 Å². The molecule has 5 nitrogen and oxygen atoms in total. The van der Waals surface area contributed by atoms with Crippen LogP contribution in [0.25, 0.3) is 0 Å². The predicted molar refractivity (Wildman–Crippen MR) is 85.7 cm³/mol. The summed E-state index contributed by atoms with van der Waals surface area (Å²) in [6.07, 6.45) is -0.0588. The van der Waals surface area contributed by atoms with Crippen molar-refractivity contribution in [1.82, 2.24) is 0 Å². The molecule has 2 aromatic rings. The van der Waals surface area contributed by atoms with E-state index in [2.05, 4.69) is 15.9 Å². The first kappa shape index (κ1) is 14.7. The highest BCUT2D eigenvalue weighted by atomic mass is 79.9. The first-order valence-electron chi connectivity index (χ1n) is 6.73. The van der Waals surface area contributed by atoms with E-state index in [-0.39, 0.29) is 12.3 Å². The van der Waals surface area contributed by atoms with Crippen molar-refractivity contribution in [3.8, 4) is 0 Å². The van der Waals surface area contributed by atoms with Crippen LogP contribution in [0.3, 0.4) is 0 Å². The van der Waals surface area contributed by atoms with Crippen LogP contribution in [0.1, 0.15) is 6.42 Å². The van der Waals surface area contributed by atoms with Gasteiger partial charge in [-0.05, 0) is 30.3 Å². The van der Waals surface area contributed by atoms with Crippen LogP contribution in [-0.4, -0.2) is 23.1 Å². The maximum Gasteiger partial charge on any atom is 0.259 e. The fourth-order valence-electron chi connectivity index (χ4n) is 2.45. The van der Waals surface area contributed by atoms with E-state index >= 15 is 0 Å². The van der Waals surface area contributed by atoms with Crippen molar-refractivity contribution in [2.24, 2.45) is 0 Å². The van der Waals surface area contributed by atoms with E-state index < -0.39 is 11.9 Å². The van der Waals surface area contributed by atoms with Crippen LogP contribution in [0, 0.1) is 0 Å². The summed E-state index contributed by atoms with van der Waals surface area (Å²) in [5.74, 6) is -0.766. The number of nitrogens with zero attached hydrogens (tertiary/aromatic N) is 2. The van der Waals surface area contributed by atoms with Crippen LogP contribution in [0.2, 0.25) is 0 Å². The van der Waals surface area contributed by atoms with Crippen LogP contribution in [0.4, 0.5) is 11.4 Å². The van der Waals surface area contributed by atoms with Gasteiger partial charge in [0, 0.05) is 4.47 Å². The molecule has 6 heteroatoms. The van der Waals surface area contributed by atoms with Gasteiger partial charge < -0.3 is 0 Å². The molecule has 1 N–H and O–H groups in total. The summed E-state index contributed by atoms with van der Waals surface area (Å²) < 4.78 is 0.776. The molecule has 112 valence electrons. The number of rotatable bonds is 3. The molecule has 0 spiro atoms. The average Bonchev–Trinajstić information content (AvgIpc) is 2.82. The molecule has 0 aliphatic carbocycles. The highest BCUT2D eigenvalue weighted by Crippen LogP contribution is 2.29. The lowest BCUT2D eigenvalue weighted by Gasteiger charge is -2.22. The van der Waals surface area contributed by atoms with Crippen molar-refractivity contribution < 1.29 is 14.8 Å². The molecule has 0 bridgehead atoms. The summed E-state index contributed by atoms with van der Waals surface area (Å²) >= 11 is 3.32. The molecule has 1 fully saturated rings. The van der Waals surface area contributed by atoms with Gasteiger partial charge in [-0.15, -0.1) is 0 Å². The Balaban J connectivity index is 1.89. The third-order valence-electron chi connectivity index (χ3n) is 3.51. The quantitative estimate of drug-likeness (QED) is 0.675. The predicted octanol–water partition coefficient (Wildman–Crippen LogP) is 2.98. The number of hydrogen-bond donors (Lipinski definition) is 1. The summed E-state index contributed by atoms with van der Waals surface area (Å²) in [5.41, 5.74) is 0.970. The Hall–Kier alpha value is -2.18. The zero-order valence-electron chi connectivity index (χ0n) is 11.5. The molecule has 1 heterocycles. The molecule has 1 aliphatic rings. The number of anilines is 2. The molecule has 1 unspecified atom stereocenters. The van der Waals surface area contributed by atoms with E-state index in [0.29, 0.717) is 11.4 Å². The standard InChI is InChI=1S/C16H13BrN2O3/c17-11-5-4-8-13(9-11)18-15(20)10-14(16(18)21)19(22)12-6-2-1-3-7-12/h1-9,14,22H,10H2. The Labute approximate surface area is 135 Å². The Kier molecular flexibility index (Phi) is 3.96. The molecular weight excluding hydrogens is 348 g/mol. The normalized spacial score (nSPS) is 17.9. The van der Waals surface area contributed by atoms with E-state index in [4.69, 9.17) is 0 Å². The van der Waals surface area contributed by atoms with Crippen molar-refractivity contribution in [2.75, 3.05) is 9.96 Å². The number of halogens is 1. The third kappa shape index (κ3) is 2.63. The Bertz CT molecular complexity index is 720. The van der Waals surface area contributed by atoms with Gasteiger partial charge in [0.05, 0.1) is 17.8 Å². The minimum Gasteiger partial charge on any atom is -0.288 e. The van der Waals surface area contributed by atoms with Crippen molar-refractivity contribution in [2.45, 2.75) is 12.5 Å². The second kappa shape index (κ2) is 5.90. The van der Waals surface area contributed by atoms with Gasteiger partial charge in [0.15, 0.2) is 0 Å². The van der Waals surface area contributed by atoms with Crippen LogP contribution in [0.15, 0.2) is 59.1 Å². The van der Waals surface area contributed by atoms with E-state index in [1.807, 2.05) is 12.1 Å². The summed E-state index contributed by atoms with van der Waals surface area (Å²) in [7, 11) is 0. The number of amides is 2. The molecule has 0 radical (unpaired) electrons. The molecule has 1 atom stereocenters. The highest BCUT2D eigenvalue weighted by Gasteiger charge is 2.43. The van der Waals surface area contributed by atoms with Gasteiger partial charge in [-0.25, -0.2) is 9.96 Å². The minimum absolute atomic E-state index is 0.0588. The highest BCUT2D eigenvalue weighted by molar-refractivity contribution is 9.10. The molecule has 1 aliphatic heterocycles. The second-order valence-corrected chi connectivity index (χ2v) is 5.86. The first-order chi connectivity index (χ1) is 10.6. The number of hydrogen-bond acceptors (Lipinski definition) is 4. The van der Waals surface area contributed by atoms with E-state index in [9.17, 15) is 14.8 Å². The van der Waals surface area contributed by atoms with Gasteiger partial charge in [0.1, 0.15) is 6.04 Å². The van der Waals surface area contributed by atoms with Crippen LogP contribution in [-0.2, 0) is 9.59 Å². The van der Waals surface area contributed by atoms with Crippen molar-refractivity contribution in [3.05, 3.63) is 59.1 Å². The van der Waals surface area contributed by atoms with Gasteiger partial charge in [-0.1, -0.05) is 40.2 Å². The Morgan fingerprint density at radius 3 is 2.50 bits per heavy atom. The molecule has 3 rings (SSSR count). The lowest BCUT2D eigenvalue weighted by molar-refractivity contribution is -0.121. The van der Waals surface area contributed by atoms with Gasteiger partial charge in [0.2, 0.25) is 5.91 Å². The van der Waals surface area contributed by atoms with Crippen LogP contribution >= 0.6 is 15.9 Å². The van der Waals surface area contributed by atoms with Crippen LogP contribution in [0.5, 0.6) is 0 Å². The smallest absolute Gasteiger partial charge is 0.259 e. The number of carbonyl (C=O) groups is 2. The minimum atomic E-state index is -0.908. The van der Waals surface area contributed by atoms with E-state index in [1.165, 1.54) is 0 Å². The maximum absolute atomic E-state index is 12.5. The molecule has 0 aromatic heterocycles. The zero-order chi connectivity index (χ0) is 15.7. The van der Waals surface area contributed by atoms with E-state index in [1.54, 1.807) is 42.5 Å². The number of benzene rings is 2. The Morgan fingerprint density at radius 1 is 1.09 bits per heavy atom. The fourth-order valence-corrected chi connectivity index (χ4v) is 2.84. The number of imide groups is 1. The summed E-state index contributed by atoms with van der Waals surface area (Å²) in [6.45, 7) is 0. The lowest BCUT2D eigenvalue weighted by Crippen LogP contribution is -2.40. The SMILES string of the molecule is O=C1CC(N(O)c2ccccc2)C(=O)N1c1cccc(Br)c1. The summed E-state index contributed by atoms with van der Waals surface area (Å²) in [5, 5.41) is 11.1. The van der Waals surface area contributed by atoms with Crippen molar-refractivity contribution >= 4 is 39.1 Å². The molecule has 0 saturated carbocycles. The average molecular weight is 361 g/mol. The number of carbonyl (C=O) groups excluding carboxylic acids is 2. The van der Waals surface area contributed by atoms with Gasteiger partial charge in [-0.2, -0.15) is 0 Å². The van der Waals surface area contributed by atoms with Crippen molar-refractivity contribution in [1.29, 1.82) is 0 Å². The second-order valence-electron chi connectivity index (χ2n) is 4.95. The molecule has 22 heavy (non-hydrogen) atoms. The molecule has 2 aromatic carbocycles. The topological polar surface area (TPSA) is 60.9 Å². The third-order valence-corrected chi connectivity index (χ3v) is 4.00. The Morgan fingerprint density at radius 2 is 1.82 bits per heavy atom. The molecule has 1 saturated heterocycles. The number of para-hydroxylation sites is 1. The van der Waals surface area contributed by atoms with Crippen molar-refractivity contribution in [3.63, 3.8) is 0 Å². The van der Waals surface area contributed by atoms with Gasteiger partial charge in [0.25, 0.3) is 5.91 Å². The first-order valence-corrected chi connectivity index (χ1v) is 7.53. The molecular formula is C16H13BrN2O3. The fraction of sp³-hybridized carbons (Fsp3) is 0.125. The zero-order valence-corrected chi connectivity index (χ0v) is 13.1. The van der Waals surface area contributed by atoms with Gasteiger partial charge in [-0.3, -0.25) is 14.8 Å². The summed E-state index contributed by atoms with van der Waals surface area (Å²) in [6, 6.07) is 14.7. The maximum atomic E-state index is 12.5. The molecule has 2 amide bonds.